The van der Waals surface area contributed by atoms with Gasteiger partial charge in [0.25, 0.3) is 5.91 Å². The van der Waals surface area contributed by atoms with Crippen LogP contribution in [0.1, 0.15) is 38.5 Å². The summed E-state index contributed by atoms with van der Waals surface area (Å²) in [6.45, 7) is 0.350. The van der Waals surface area contributed by atoms with Gasteiger partial charge in [0, 0.05) is 19.4 Å². The van der Waals surface area contributed by atoms with Crippen LogP contribution in [-0.2, 0) is 14.4 Å². The van der Waals surface area contributed by atoms with Gasteiger partial charge in [-0.05, 0) is 18.8 Å². The van der Waals surface area contributed by atoms with Gasteiger partial charge in [0.2, 0.25) is 5.91 Å². The molecular weight excluding hydrogens is 262 g/mol. The zero-order valence-corrected chi connectivity index (χ0v) is 11.2. The summed E-state index contributed by atoms with van der Waals surface area (Å²) in [5.41, 5.74) is 2.57. The molecule has 2 atom stereocenters. The highest BCUT2D eigenvalue weighted by Crippen LogP contribution is 2.29. The van der Waals surface area contributed by atoms with Crippen LogP contribution in [0.5, 0.6) is 0 Å². The van der Waals surface area contributed by atoms with Gasteiger partial charge in [-0.3, -0.25) is 14.4 Å². The van der Waals surface area contributed by atoms with Crippen molar-refractivity contribution < 1.29 is 19.5 Å². The molecule has 2 amide bonds. The van der Waals surface area contributed by atoms with Gasteiger partial charge in [0.05, 0.1) is 5.92 Å². The summed E-state index contributed by atoms with van der Waals surface area (Å²) in [4.78, 5) is 34.0. The minimum atomic E-state index is -0.786. The van der Waals surface area contributed by atoms with Gasteiger partial charge in [0.1, 0.15) is 5.71 Å². The van der Waals surface area contributed by atoms with E-state index in [1.165, 1.54) is 0 Å². The number of hydrazone groups is 1. The zero-order chi connectivity index (χ0) is 14.5. The average molecular weight is 281 g/mol. The molecule has 1 heterocycles. The lowest BCUT2D eigenvalue weighted by molar-refractivity contribution is -0.145. The van der Waals surface area contributed by atoms with Crippen molar-refractivity contribution in [1.29, 1.82) is 0 Å². The van der Waals surface area contributed by atoms with Crippen LogP contribution >= 0.6 is 0 Å². The largest absolute Gasteiger partial charge is 0.481 e. The third-order valence-electron chi connectivity index (χ3n) is 3.92. The minimum Gasteiger partial charge on any atom is -0.481 e. The van der Waals surface area contributed by atoms with E-state index < -0.39 is 5.97 Å². The van der Waals surface area contributed by atoms with Crippen molar-refractivity contribution in [3.63, 3.8) is 0 Å². The number of carboxylic acid groups (broad SMARTS) is 1. The number of nitrogens with one attached hydrogen (secondary N) is 2. The van der Waals surface area contributed by atoms with Gasteiger partial charge >= 0.3 is 5.97 Å². The van der Waals surface area contributed by atoms with E-state index in [-0.39, 0.29) is 30.1 Å². The third kappa shape index (κ3) is 3.55. The number of hydrogen-bond acceptors (Lipinski definition) is 4. The van der Waals surface area contributed by atoms with Gasteiger partial charge in [-0.15, -0.1) is 0 Å². The van der Waals surface area contributed by atoms with Gasteiger partial charge < -0.3 is 10.4 Å². The second-order valence-corrected chi connectivity index (χ2v) is 5.29. The first-order chi connectivity index (χ1) is 9.58. The standard InChI is InChI=1S/C13H19N3O4/c17-11-6-5-10(15-16-11)12(18)14-7-8-3-1-2-4-9(8)13(19)20/h8-9H,1-7H2,(H,14,18)(H,16,17)(H,19,20)/t8-,9-/m0/s1. The Balaban J connectivity index is 1.86. The number of carbonyl (C=O) groups excluding carboxylic acids is 2. The smallest absolute Gasteiger partial charge is 0.306 e. The molecule has 0 spiro atoms. The second-order valence-electron chi connectivity index (χ2n) is 5.29. The monoisotopic (exact) mass is 281 g/mol. The van der Waals surface area contributed by atoms with E-state index in [0.717, 1.165) is 19.3 Å². The molecule has 1 fully saturated rings. The lowest BCUT2D eigenvalue weighted by atomic mass is 9.79. The molecule has 0 aromatic heterocycles. The molecule has 0 unspecified atom stereocenters. The van der Waals surface area contributed by atoms with Crippen molar-refractivity contribution in [2.24, 2.45) is 16.9 Å². The molecule has 3 N–H and O–H groups in total. The molecule has 7 nitrogen and oxygen atoms in total. The van der Waals surface area contributed by atoms with E-state index in [2.05, 4.69) is 15.8 Å². The number of hydrogen-bond donors (Lipinski definition) is 3. The number of amides is 2. The summed E-state index contributed by atoms with van der Waals surface area (Å²) >= 11 is 0. The molecule has 0 aromatic carbocycles. The Morgan fingerprint density at radius 1 is 1.30 bits per heavy atom. The summed E-state index contributed by atoms with van der Waals surface area (Å²) < 4.78 is 0. The number of carbonyl (C=O) groups is 3. The molecule has 0 radical (unpaired) electrons. The molecule has 7 heteroatoms. The van der Waals surface area contributed by atoms with E-state index in [9.17, 15) is 14.4 Å². The first kappa shape index (κ1) is 14.5. The highest BCUT2D eigenvalue weighted by atomic mass is 16.4. The molecule has 20 heavy (non-hydrogen) atoms. The van der Waals surface area contributed by atoms with E-state index in [1.54, 1.807) is 0 Å². The summed E-state index contributed by atoms with van der Waals surface area (Å²) in [5, 5.41) is 15.6. The van der Waals surface area contributed by atoms with Crippen molar-refractivity contribution in [2.75, 3.05) is 6.54 Å². The first-order valence-electron chi connectivity index (χ1n) is 6.94. The number of nitrogens with zero attached hydrogens (tertiary/aromatic N) is 1. The summed E-state index contributed by atoms with van der Waals surface area (Å²) in [7, 11) is 0. The van der Waals surface area contributed by atoms with Crippen LogP contribution < -0.4 is 10.7 Å². The highest BCUT2D eigenvalue weighted by Gasteiger charge is 2.31. The van der Waals surface area contributed by atoms with Gasteiger partial charge in [-0.1, -0.05) is 12.8 Å². The molecule has 0 aromatic rings. The Morgan fingerprint density at radius 3 is 2.70 bits per heavy atom. The minimum absolute atomic E-state index is 0.0241. The van der Waals surface area contributed by atoms with Crippen LogP contribution in [0.2, 0.25) is 0 Å². The van der Waals surface area contributed by atoms with E-state index in [0.29, 0.717) is 25.1 Å². The maximum Gasteiger partial charge on any atom is 0.306 e. The van der Waals surface area contributed by atoms with Crippen molar-refractivity contribution in [2.45, 2.75) is 38.5 Å². The number of carboxylic acids is 1. The Morgan fingerprint density at radius 2 is 2.05 bits per heavy atom. The van der Waals surface area contributed by atoms with E-state index in [4.69, 9.17) is 5.11 Å². The SMILES string of the molecule is O=C1CCC(C(=O)NC[C@@H]2CCCC[C@@H]2C(=O)O)=NN1. The maximum atomic E-state index is 11.9. The Bertz CT molecular complexity index is 447. The second kappa shape index (κ2) is 6.49. The fraction of sp³-hybridized carbons (Fsp3) is 0.692. The molecule has 2 aliphatic rings. The van der Waals surface area contributed by atoms with E-state index in [1.807, 2.05) is 0 Å². The van der Waals surface area contributed by atoms with Gasteiger partial charge in [-0.2, -0.15) is 5.10 Å². The predicted molar refractivity (Wildman–Crippen MR) is 70.9 cm³/mol. The molecule has 1 aliphatic heterocycles. The van der Waals surface area contributed by atoms with Crippen LogP contribution in [0.4, 0.5) is 0 Å². The topological polar surface area (TPSA) is 108 Å². The normalized spacial score (nSPS) is 26.4. The molecule has 110 valence electrons. The summed E-state index contributed by atoms with van der Waals surface area (Å²) in [6.07, 6.45) is 4.01. The Hall–Kier alpha value is -1.92. The predicted octanol–water partition coefficient (Wildman–Crippen LogP) is 0.260. The summed E-state index contributed by atoms with van der Waals surface area (Å²) in [5.74, 6) is -1.70. The number of rotatable bonds is 4. The third-order valence-corrected chi connectivity index (χ3v) is 3.92. The van der Waals surface area contributed by atoms with Crippen molar-refractivity contribution >= 4 is 23.5 Å². The summed E-state index contributed by atoms with van der Waals surface area (Å²) in [6, 6.07) is 0. The van der Waals surface area contributed by atoms with Crippen LogP contribution in [0.15, 0.2) is 5.10 Å². The molecular formula is C13H19N3O4. The zero-order valence-electron chi connectivity index (χ0n) is 11.2. The quantitative estimate of drug-likeness (QED) is 0.686. The Kier molecular flexibility index (Phi) is 4.70. The van der Waals surface area contributed by atoms with Gasteiger partial charge in [0.15, 0.2) is 0 Å². The lowest BCUT2D eigenvalue weighted by Gasteiger charge is -2.28. The van der Waals surface area contributed by atoms with Crippen LogP contribution in [-0.4, -0.2) is 35.1 Å². The number of aliphatic carboxylic acids is 1. The fourth-order valence-corrected chi connectivity index (χ4v) is 2.74. The first-order valence-corrected chi connectivity index (χ1v) is 6.94. The molecule has 0 bridgehead atoms. The average Bonchev–Trinajstić information content (AvgIpc) is 2.45. The van der Waals surface area contributed by atoms with E-state index >= 15 is 0 Å². The molecule has 2 rings (SSSR count). The van der Waals surface area contributed by atoms with Gasteiger partial charge in [-0.25, -0.2) is 5.43 Å². The van der Waals surface area contributed by atoms with Crippen LogP contribution in [0.3, 0.4) is 0 Å². The van der Waals surface area contributed by atoms with Crippen molar-refractivity contribution in [3.8, 4) is 0 Å². The van der Waals surface area contributed by atoms with Crippen molar-refractivity contribution in [1.82, 2.24) is 10.7 Å². The lowest BCUT2D eigenvalue weighted by Crippen LogP contribution is -2.41. The van der Waals surface area contributed by atoms with Crippen LogP contribution in [0.25, 0.3) is 0 Å². The molecule has 1 saturated carbocycles. The highest BCUT2D eigenvalue weighted by molar-refractivity contribution is 6.39. The van der Waals surface area contributed by atoms with Crippen LogP contribution in [0, 0.1) is 11.8 Å². The Labute approximate surface area is 116 Å². The van der Waals surface area contributed by atoms with Crippen molar-refractivity contribution in [3.05, 3.63) is 0 Å². The fourth-order valence-electron chi connectivity index (χ4n) is 2.74. The maximum absolute atomic E-state index is 11.9. The molecule has 0 saturated heterocycles. The molecule has 1 aliphatic carbocycles.